The maximum atomic E-state index is 12.1. The number of rotatable bonds is 5. The molecule has 0 spiro atoms. The first-order valence-electron chi connectivity index (χ1n) is 6.86. The van der Waals surface area contributed by atoms with Crippen LogP contribution in [0, 0.1) is 16.7 Å². The van der Waals surface area contributed by atoms with E-state index in [9.17, 15) is 8.42 Å². The van der Waals surface area contributed by atoms with Gasteiger partial charge in [0.1, 0.15) is 0 Å². The highest BCUT2D eigenvalue weighted by Crippen LogP contribution is 2.62. The number of hydrogen-bond acceptors (Lipinski definition) is 3. The minimum atomic E-state index is -3.17. The van der Waals surface area contributed by atoms with Crippen molar-refractivity contribution in [3.63, 3.8) is 0 Å². The molecule has 0 aromatic heterocycles. The van der Waals surface area contributed by atoms with E-state index in [2.05, 4.69) is 30.8 Å². The first-order chi connectivity index (χ1) is 8.21. The molecule has 2 N–H and O–H groups in total. The van der Waals surface area contributed by atoms with Gasteiger partial charge in [0.25, 0.3) is 0 Å². The molecule has 2 bridgehead atoms. The van der Waals surface area contributed by atoms with Crippen molar-refractivity contribution in [3.8, 4) is 0 Å². The Labute approximate surface area is 111 Å². The summed E-state index contributed by atoms with van der Waals surface area (Å²) in [4.78, 5) is 0. The standard InChI is InChI=1S/C13H26N2O2S/c1-12(2)10-5-6-13(3,9-10)11(12)15-18(16,17)8-7-14-4/h10-11,14-15H,5-9H2,1-4H3. The van der Waals surface area contributed by atoms with E-state index in [0.717, 1.165) is 6.42 Å². The molecule has 2 saturated carbocycles. The van der Waals surface area contributed by atoms with Crippen LogP contribution >= 0.6 is 0 Å². The van der Waals surface area contributed by atoms with Crippen molar-refractivity contribution in [2.24, 2.45) is 16.7 Å². The van der Waals surface area contributed by atoms with Crippen LogP contribution in [0.2, 0.25) is 0 Å². The molecular formula is C13H26N2O2S. The molecule has 3 unspecified atom stereocenters. The topological polar surface area (TPSA) is 58.2 Å². The number of fused-ring (bicyclic) bond motifs is 2. The molecule has 2 aliphatic rings. The van der Waals surface area contributed by atoms with Crippen LogP contribution in [-0.2, 0) is 10.0 Å². The van der Waals surface area contributed by atoms with E-state index < -0.39 is 10.0 Å². The fraction of sp³-hybridized carbons (Fsp3) is 1.00. The molecule has 0 aromatic carbocycles. The predicted octanol–water partition coefficient (Wildman–Crippen LogP) is 1.34. The second-order valence-corrected chi connectivity index (χ2v) is 8.76. The molecule has 0 heterocycles. The minimum Gasteiger partial charge on any atom is -0.319 e. The zero-order valence-electron chi connectivity index (χ0n) is 11.9. The van der Waals surface area contributed by atoms with Crippen LogP contribution in [0.4, 0.5) is 0 Å². The maximum Gasteiger partial charge on any atom is 0.213 e. The summed E-state index contributed by atoms with van der Waals surface area (Å²) in [5, 5.41) is 2.89. The Kier molecular flexibility index (Phi) is 3.54. The Balaban J connectivity index is 2.14. The van der Waals surface area contributed by atoms with Crippen LogP contribution in [0.25, 0.3) is 0 Å². The van der Waals surface area contributed by atoms with Crippen LogP contribution in [0.15, 0.2) is 0 Å². The minimum absolute atomic E-state index is 0.0830. The van der Waals surface area contributed by atoms with Gasteiger partial charge in [0, 0.05) is 12.6 Å². The molecule has 2 aliphatic carbocycles. The Bertz CT molecular complexity index is 414. The molecule has 2 fully saturated rings. The van der Waals surface area contributed by atoms with Gasteiger partial charge in [0.15, 0.2) is 0 Å². The molecule has 4 nitrogen and oxygen atoms in total. The lowest BCUT2D eigenvalue weighted by atomic mass is 9.69. The Morgan fingerprint density at radius 2 is 1.94 bits per heavy atom. The van der Waals surface area contributed by atoms with Crippen molar-refractivity contribution in [3.05, 3.63) is 0 Å². The van der Waals surface area contributed by atoms with E-state index in [1.165, 1.54) is 12.8 Å². The van der Waals surface area contributed by atoms with Crippen LogP contribution in [0.5, 0.6) is 0 Å². The summed E-state index contributed by atoms with van der Waals surface area (Å²) in [5.74, 6) is 0.830. The summed E-state index contributed by atoms with van der Waals surface area (Å²) >= 11 is 0. The maximum absolute atomic E-state index is 12.1. The van der Waals surface area contributed by atoms with Crippen molar-refractivity contribution in [2.75, 3.05) is 19.3 Å². The van der Waals surface area contributed by atoms with E-state index in [1.54, 1.807) is 7.05 Å². The Hall–Kier alpha value is -0.130. The van der Waals surface area contributed by atoms with Gasteiger partial charge in [0.05, 0.1) is 5.75 Å². The highest BCUT2D eigenvalue weighted by molar-refractivity contribution is 7.89. The zero-order chi connectivity index (χ0) is 13.6. The number of nitrogens with one attached hydrogen (secondary N) is 2. The molecule has 0 aliphatic heterocycles. The number of hydrogen-bond donors (Lipinski definition) is 2. The highest BCUT2D eigenvalue weighted by atomic mass is 32.2. The van der Waals surface area contributed by atoms with Crippen molar-refractivity contribution < 1.29 is 8.42 Å². The molecule has 0 radical (unpaired) electrons. The van der Waals surface area contributed by atoms with Gasteiger partial charge in [-0.1, -0.05) is 20.8 Å². The average Bonchev–Trinajstić information content (AvgIpc) is 2.73. The second kappa shape index (κ2) is 4.46. The lowest BCUT2D eigenvalue weighted by molar-refractivity contribution is 0.127. The van der Waals surface area contributed by atoms with Gasteiger partial charge in [-0.05, 0) is 43.1 Å². The first-order valence-corrected chi connectivity index (χ1v) is 8.51. The normalized spacial score (nSPS) is 38.2. The van der Waals surface area contributed by atoms with E-state index in [1.807, 2.05) is 0 Å². The molecule has 5 heteroatoms. The molecule has 0 saturated heterocycles. The highest BCUT2D eigenvalue weighted by Gasteiger charge is 2.60. The average molecular weight is 274 g/mol. The third-order valence-corrected chi connectivity index (χ3v) is 6.52. The van der Waals surface area contributed by atoms with Gasteiger partial charge >= 0.3 is 0 Å². The Morgan fingerprint density at radius 3 is 2.44 bits per heavy atom. The van der Waals surface area contributed by atoms with Crippen LogP contribution < -0.4 is 10.0 Å². The van der Waals surface area contributed by atoms with Crippen LogP contribution in [0.1, 0.15) is 40.0 Å². The number of sulfonamides is 1. The zero-order valence-corrected chi connectivity index (χ0v) is 12.7. The predicted molar refractivity (Wildman–Crippen MR) is 73.9 cm³/mol. The summed E-state index contributed by atoms with van der Waals surface area (Å²) in [6.45, 7) is 7.18. The van der Waals surface area contributed by atoms with Gasteiger partial charge in [-0.3, -0.25) is 0 Å². The monoisotopic (exact) mass is 274 g/mol. The summed E-state index contributed by atoms with van der Waals surface area (Å²) < 4.78 is 27.2. The molecule has 106 valence electrons. The van der Waals surface area contributed by atoms with Gasteiger partial charge in [-0.15, -0.1) is 0 Å². The largest absolute Gasteiger partial charge is 0.319 e. The molecular weight excluding hydrogens is 248 g/mol. The molecule has 3 atom stereocenters. The summed E-state index contributed by atoms with van der Waals surface area (Å²) in [5.41, 5.74) is 0.237. The van der Waals surface area contributed by atoms with Gasteiger partial charge in [0.2, 0.25) is 10.0 Å². The fourth-order valence-electron chi connectivity index (χ4n) is 4.07. The van der Waals surface area contributed by atoms with Crippen molar-refractivity contribution in [2.45, 2.75) is 46.1 Å². The van der Waals surface area contributed by atoms with Crippen molar-refractivity contribution in [1.29, 1.82) is 0 Å². The lowest BCUT2D eigenvalue weighted by Crippen LogP contribution is -2.53. The third-order valence-electron chi connectivity index (χ3n) is 5.19. The van der Waals surface area contributed by atoms with E-state index in [0.29, 0.717) is 12.5 Å². The third kappa shape index (κ3) is 2.32. The quantitative estimate of drug-likeness (QED) is 0.795. The van der Waals surface area contributed by atoms with Gasteiger partial charge in [-0.2, -0.15) is 0 Å². The van der Waals surface area contributed by atoms with E-state index in [4.69, 9.17) is 0 Å². The van der Waals surface area contributed by atoms with Crippen molar-refractivity contribution in [1.82, 2.24) is 10.0 Å². The second-order valence-electron chi connectivity index (χ2n) is 6.89. The molecule has 18 heavy (non-hydrogen) atoms. The lowest BCUT2D eigenvalue weighted by Gasteiger charge is -2.42. The smallest absolute Gasteiger partial charge is 0.213 e. The van der Waals surface area contributed by atoms with E-state index in [-0.39, 0.29) is 22.6 Å². The summed E-state index contributed by atoms with van der Waals surface area (Å²) in [7, 11) is -1.40. The van der Waals surface area contributed by atoms with Crippen molar-refractivity contribution >= 4 is 10.0 Å². The van der Waals surface area contributed by atoms with Gasteiger partial charge in [-0.25, -0.2) is 13.1 Å². The van der Waals surface area contributed by atoms with Crippen LogP contribution in [0.3, 0.4) is 0 Å². The molecule has 0 amide bonds. The fourth-order valence-corrected chi connectivity index (χ4v) is 5.61. The SMILES string of the molecule is CNCCS(=O)(=O)NC1C2(C)CCC(C2)C1(C)C. The first kappa shape index (κ1) is 14.3. The van der Waals surface area contributed by atoms with E-state index >= 15 is 0 Å². The molecule has 0 aromatic rings. The van der Waals surface area contributed by atoms with Crippen LogP contribution in [-0.4, -0.2) is 33.8 Å². The summed E-state index contributed by atoms with van der Waals surface area (Å²) in [6, 6.07) is 0.0885. The summed E-state index contributed by atoms with van der Waals surface area (Å²) in [6.07, 6.45) is 3.57. The Morgan fingerprint density at radius 1 is 1.28 bits per heavy atom. The van der Waals surface area contributed by atoms with Gasteiger partial charge < -0.3 is 5.32 Å². The molecule has 2 rings (SSSR count).